The van der Waals surface area contributed by atoms with Crippen molar-refractivity contribution in [1.29, 1.82) is 0 Å². The average Bonchev–Trinajstić information content (AvgIpc) is 2.77. The standard InChI is InChI=1S/C18H17FN2/c1-12-9-10-16(19)11-17(12)21-14(3)18(13(2)20-21)15-7-5-4-6-8-15/h4-11H,1-3H3. The van der Waals surface area contributed by atoms with Crippen LogP contribution in [-0.4, -0.2) is 9.78 Å². The molecule has 2 nitrogen and oxygen atoms in total. The van der Waals surface area contributed by atoms with Crippen molar-refractivity contribution >= 4 is 0 Å². The highest BCUT2D eigenvalue weighted by Crippen LogP contribution is 2.29. The molecule has 1 aromatic heterocycles. The van der Waals surface area contributed by atoms with E-state index in [0.717, 1.165) is 33.8 Å². The van der Waals surface area contributed by atoms with Gasteiger partial charge in [-0.25, -0.2) is 9.07 Å². The van der Waals surface area contributed by atoms with Crippen LogP contribution in [0.1, 0.15) is 17.0 Å². The van der Waals surface area contributed by atoms with E-state index in [-0.39, 0.29) is 5.82 Å². The normalized spacial score (nSPS) is 10.9. The smallest absolute Gasteiger partial charge is 0.125 e. The summed E-state index contributed by atoms with van der Waals surface area (Å²) in [7, 11) is 0. The van der Waals surface area contributed by atoms with E-state index in [9.17, 15) is 4.39 Å². The monoisotopic (exact) mass is 280 g/mol. The second-order valence-electron chi connectivity index (χ2n) is 5.25. The molecule has 0 aliphatic carbocycles. The minimum absolute atomic E-state index is 0.246. The molecular weight excluding hydrogens is 263 g/mol. The van der Waals surface area contributed by atoms with Crippen molar-refractivity contribution < 1.29 is 4.39 Å². The number of aromatic nitrogens is 2. The molecule has 2 aromatic carbocycles. The third-order valence-electron chi connectivity index (χ3n) is 3.75. The van der Waals surface area contributed by atoms with Gasteiger partial charge >= 0.3 is 0 Å². The summed E-state index contributed by atoms with van der Waals surface area (Å²) < 4.78 is 15.4. The van der Waals surface area contributed by atoms with Gasteiger partial charge in [-0.3, -0.25) is 0 Å². The zero-order valence-electron chi connectivity index (χ0n) is 12.4. The summed E-state index contributed by atoms with van der Waals surface area (Å²) in [4.78, 5) is 0. The van der Waals surface area contributed by atoms with Crippen molar-refractivity contribution in [2.75, 3.05) is 0 Å². The van der Waals surface area contributed by atoms with Crippen molar-refractivity contribution in [2.24, 2.45) is 0 Å². The van der Waals surface area contributed by atoms with E-state index in [1.807, 2.05) is 43.7 Å². The molecule has 0 saturated carbocycles. The summed E-state index contributed by atoms with van der Waals surface area (Å²) in [5, 5.41) is 4.61. The van der Waals surface area contributed by atoms with Crippen molar-refractivity contribution in [2.45, 2.75) is 20.8 Å². The Morgan fingerprint density at radius 1 is 0.952 bits per heavy atom. The zero-order chi connectivity index (χ0) is 15.0. The number of nitrogens with zero attached hydrogens (tertiary/aromatic N) is 2. The summed E-state index contributed by atoms with van der Waals surface area (Å²) in [6.07, 6.45) is 0. The Kier molecular flexibility index (Phi) is 3.34. The molecule has 1 heterocycles. The highest BCUT2D eigenvalue weighted by molar-refractivity contribution is 5.69. The van der Waals surface area contributed by atoms with E-state index in [0.29, 0.717) is 0 Å². The Bertz CT molecular complexity index is 788. The highest BCUT2D eigenvalue weighted by Gasteiger charge is 2.15. The van der Waals surface area contributed by atoms with Crippen LogP contribution in [0.15, 0.2) is 48.5 Å². The number of hydrogen-bond acceptors (Lipinski definition) is 1. The van der Waals surface area contributed by atoms with Gasteiger partial charge in [0.05, 0.1) is 11.4 Å². The maximum atomic E-state index is 13.6. The van der Waals surface area contributed by atoms with Gasteiger partial charge in [-0.15, -0.1) is 0 Å². The lowest BCUT2D eigenvalue weighted by Crippen LogP contribution is -2.02. The zero-order valence-corrected chi connectivity index (χ0v) is 12.4. The number of benzene rings is 2. The second-order valence-corrected chi connectivity index (χ2v) is 5.25. The van der Waals surface area contributed by atoms with E-state index in [4.69, 9.17) is 0 Å². The highest BCUT2D eigenvalue weighted by atomic mass is 19.1. The Balaban J connectivity index is 2.21. The maximum absolute atomic E-state index is 13.6. The molecule has 0 unspecified atom stereocenters. The van der Waals surface area contributed by atoms with Crippen LogP contribution in [-0.2, 0) is 0 Å². The summed E-state index contributed by atoms with van der Waals surface area (Å²) in [6.45, 7) is 5.97. The molecule has 0 fully saturated rings. The largest absolute Gasteiger partial charge is 0.237 e. The van der Waals surface area contributed by atoms with Crippen LogP contribution in [0.4, 0.5) is 4.39 Å². The molecule has 0 spiro atoms. The van der Waals surface area contributed by atoms with Gasteiger partial charge in [0.25, 0.3) is 0 Å². The molecule has 3 aromatic rings. The van der Waals surface area contributed by atoms with Gasteiger partial charge in [0.15, 0.2) is 0 Å². The number of hydrogen-bond donors (Lipinski definition) is 0. The molecule has 0 amide bonds. The molecule has 21 heavy (non-hydrogen) atoms. The van der Waals surface area contributed by atoms with Crippen molar-refractivity contribution in [3.63, 3.8) is 0 Å². The van der Waals surface area contributed by atoms with Gasteiger partial charge in [-0.05, 0) is 44.0 Å². The molecule has 3 heteroatoms. The lowest BCUT2D eigenvalue weighted by molar-refractivity contribution is 0.624. The quantitative estimate of drug-likeness (QED) is 0.670. The minimum atomic E-state index is -0.246. The van der Waals surface area contributed by atoms with Crippen LogP contribution in [0, 0.1) is 26.6 Å². The van der Waals surface area contributed by atoms with E-state index < -0.39 is 0 Å². The van der Waals surface area contributed by atoms with Crippen LogP contribution < -0.4 is 0 Å². The molecular formula is C18H17FN2. The van der Waals surface area contributed by atoms with Crippen molar-refractivity contribution in [3.05, 3.63) is 71.3 Å². The number of halogens is 1. The average molecular weight is 280 g/mol. The van der Waals surface area contributed by atoms with Gasteiger partial charge in [0.1, 0.15) is 5.82 Å². The van der Waals surface area contributed by atoms with E-state index in [1.165, 1.54) is 12.1 Å². The first-order valence-electron chi connectivity index (χ1n) is 6.96. The second kappa shape index (κ2) is 5.17. The van der Waals surface area contributed by atoms with Crippen LogP contribution in [0.3, 0.4) is 0 Å². The molecule has 0 saturated heterocycles. The topological polar surface area (TPSA) is 17.8 Å². The molecule has 0 bridgehead atoms. The van der Waals surface area contributed by atoms with E-state index in [1.54, 1.807) is 6.07 Å². The minimum Gasteiger partial charge on any atom is -0.237 e. The molecule has 0 aliphatic rings. The van der Waals surface area contributed by atoms with Gasteiger partial charge < -0.3 is 0 Å². The van der Waals surface area contributed by atoms with Crippen LogP contribution in [0.25, 0.3) is 16.8 Å². The number of rotatable bonds is 2. The number of aryl methyl sites for hydroxylation is 2. The first-order valence-corrected chi connectivity index (χ1v) is 6.96. The van der Waals surface area contributed by atoms with E-state index in [2.05, 4.69) is 17.2 Å². The molecule has 0 N–H and O–H groups in total. The Morgan fingerprint density at radius 2 is 1.67 bits per heavy atom. The Labute approximate surface area is 123 Å². The van der Waals surface area contributed by atoms with Crippen molar-refractivity contribution in [3.8, 4) is 16.8 Å². The lowest BCUT2D eigenvalue weighted by atomic mass is 10.0. The fraction of sp³-hybridized carbons (Fsp3) is 0.167. The van der Waals surface area contributed by atoms with Crippen LogP contribution in [0.5, 0.6) is 0 Å². The summed E-state index contributed by atoms with van der Waals surface area (Å²) >= 11 is 0. The third-order valence-corrected chi connectivity index (χ3v) is 3.75. The lowest BCUT2D eigenvalue weighted by Gasteiger charge is -2.09. The third kappa shape index (κ3) is 2.35. The first kappa shape index (κ1) is 13.6. The molecule has 0 aliphatic heterocycles. The fourth-order valence-corrected chi connectivity index (χ4v) is 2.71. The summed E-state index contributed by atoms with van der Waals surface area (Å²) in [6, 6.07) is 14.9. The Hall–Kier alpha value is -2.42. The molecule has 3 rings (SSSR count). The fourth-order valence-electron chi connectivity index (χ4n) is 2.71. The first-order chi connectivity index (χ1) is 10.1. The summed E-state index contributed by atoms with van der Waals surface area (Å²) in [5.74, 6) is -0.246. The van der Waals surface area contributed by atoms with Gasteiger partial charge in [-0.1, -0.05) is 36.4 Å². The molecule has 0 atom stereocenters. The van der Waals surface area contributed by atoms with E-state index >= 15 is 0 Å². The van der Waals surface area contributed by atoms with Gasteiger partial charge in [-0.2, -0.15) is 5.10 Å². The van der Waals surface area contributed by atoms with Crippen LogP contribution >= 0.6 is 0 Å². The maximum Gasteiger partial charge on any atom is 0.125 e. The van der Waals surface area contributed by atoms with Gasteiger partial charge in [0.2, 0.25) is 0 Å². The predicted molar refractivity (Wildman–Crippen MR) is 83.2 cm³/mol. The van der Waals surface area contributed by atoms with Crippen LogP contribution in [0.2, 0.25) is 0 Å². The summed E-state index contributed by atoms with van der Waals surface area (Å²) in [5.41, 5.74) is 6.00. The van der Waals surface area contributed by atoms with Crippen molar-refractivity contribution in [1.82, 2.24) is 9.78 Å². The van der Waals surface area contributed by atoms with Gasteiger partial charge in [0, 0.05) is 11.3 Å². The Morgan fingerprint density at radius 3 is 2.38 bits per heavy atom. The predicted octanol–water partition coefficient (Wildman–Crippen LogP) is 4.60. The SMILES string of the molecule is Cc1ccc(F)cc1-n1nc(C)c(-c2ccccc2)c1C. The molecule has 0 radical (unpaired) electrons. The molecule has 106 valence electrons.